The minimum atomic E-state index is -1.13. The molecule has 0 radical (unpaired) electrons. The van der Waals surface area contributed by atoms with E-state index in [1.54, 1.807) is 38.2 Å². The molecule has 0 amide bonds. The number of carbonyl (C=O) groups excluding carboxylic acids is 1. The molecule has 16 heteroatoms. The van der Waals surface area contributed by atoms with Gasteiger partial charge in [-0.1, -0.05) is 39.3 Å². The molecule has 12 nitrogen and oxygen atoms in total. The van der Waals surface area contributed by atoms with Crippen LogP contribution in [0.15, 0.2) is 12.4 Å². The quantitative estimate of drug-likeness (QED) is 0.0659. The van der Waals surface area contributed by atoms with Gasteiger partial charge in [-0.15, -0.1) is 22.7 Å². The first kappa shape index (κ1) is 42.7. The number of rotatable bonds is 16. The van der Waals surface area contributed by atoms with Gasteiger partial charge in [-0.2, -0.15) is 10.2 Å². The van der Waals surface area contributed by atoms with Gasteiger partial charge in [0.25, 0.3) is 0 Å². The summed E-state index contributed by atoms with van der Waals surface area (Å²) in [4.78, 5) is 37.1. The van der Waals surface area contributed by atoms with Crippen LogP contribution in [0.4, 0.5) is 0 Å². The van der Waals surface area contributed by atoms with Crippen LogP contribution in [0.25, 0.3) is 21.4 Å². The second-order valence-corrected chi connectivity index (χ2v) is 31.1. The Morgan fingerprint density at radius 3 is 1.68 bits per heavy atom. The maximum atomic E-state index is 13.3. The summed E-state index contributed by atoms with van der Waals surface area (Å²) in [6.07, 6.45) is 14.8. The molecule has 1 saturated heterocycles. The van der Waals surface area contributed by atoms with Crippen molar-refractivity contribution in [2.75, 3.05) is 26.4 Å². The van der Waals surface area contributed by atoms with Crippen LogP contribution in [0.3, 0.4) is 0 Å². The number of aryl methyl sites for hydroxylation is 4. The molecule has 0 saturated carbocycles. The molecule has 4 aromatic rings. The topological polar surface area (TPSA) is 143 Å². The highest BCUT2D eigenvalue weighted by Crippen LogP contribution is 2.36. The molecule has 0 aromatic carbocycles. The highest BCUT2D eigenvalue weighted by Gasteiger charge is 2.27. The zero-order chi connectivity index (χ0) is 39.9. The Bertz CT molecular complexity index is 1890. The van der Waals surface area contributed by atoms with Crippen LogP contribution in [-0.4, -0.2) is 89.0 Å². The van der Waals surface area contributed by atoms with E-state index in [-0.39, 0.29) is 18.1 Å². The Kier molecular flexibility index (Phi) is 14.7. The average molecular weight is 841 g/mol. The molecule has 0 atom stereocenters. The summed E-state index contributed by atoms with van der Waals surface area (Å²) in [6, 6.07) is 2.20. The number of Topliss-reactive ketones (excluding diaryl/α,β-unsaturated/α-hetero) is 1. The fraction of sp³-hybridized carbons (Fsp3) is 0.650. The molecule has 0 bridgehead atoms. The molecule has 56 heavy (non-hydrogen) atoms. The second kappa shape index (κ2) is 19.3. The van der Waals surface area contributed by atoms with Gasteiger partial charge in [0.2, 0.25) is 0 Å². The molecule has 3 aliphatic rings. The lowest BCUT2D eigenvalue weighted by Crippen LogP contribution is -2.22. The number of ketones is 1. The summed E-state index contributed by atoms with van der Waals surface area (Å²) in [7, 11) is -2.27. The van der Waals surface area contributed by atoms with E-state index in [4.69, 9.17) is 24.3 Å². The number of hydrogen-bond donors (Lipinski definition) is 1. The molecular formula is C40H60N6O6S2Si2. The van der Waals surface area contributed by atoms with E-state index in [1.165, 1.54) is 34.7 Å². The highest BCUT2D eigenvalue weighted by molar-refractivity contribution is 7.15. The summed E-state index contributed by atoms with van der Waals surface area (Å²) in [5.41, 5.74) is 4.41. The number of hydrogen-bond acceptors (Lipinski definition) is 11. The van der Waals surface area contributed by atoms with Crippen LogP contribution in [0.2, 0.25) is 51.4 Å². The van der Waals surface area contributed by atoms with Gasteiger partial charge in [0.1, 0.15) is 40.4 Å². The number of nitrogens with zero attached hydrogens (tertiary/aromatic N) is 6. The lowest BCUT2D eigenvalue weighted by Gasteiger charge is -2.21. The first-order chi connectivity index (χ1) is 26.7. The predicted molar refractivity (Wildman–Crippen MR) is 228 cm³/mol. The van der Waals surface area contributed by atoms with Crippen molar-refractivity contribution < 1.29 is 28.9 Å². The number of carboxylic acid groups (broad SMARTS) is 1. The predicted octanol–water partition coefficient (Wildman–Crippen LogP) is 9.09. The van der Waals surface area contributed by atoms with Gasteiger partial charge < -0.3 is 19.3 Å². The van der Waals surface area contributed by atoms with E-state index >= 15 is 0 Å². The minimum Gasteiger partial charge on any atom is -0.478 e. The zero-order valence-electron chi connectivity index (χ0n) is 34.2. The number of aromatic nitrogens is 6. The third-order valence-corrected chi connectivity index (χ3v) is 16.1. The van der Waals surface area contributed by atoms with Crippen molar-refractivity contribution >= 4 is 50.6 Å². The normalized spacial score (nSPS) is 16.2. The summed E-state index contributed by atoms with van der Waals surface area (Å²) in [6.45, 7) is 17.5. The van der Waals surface area contributed by atoms with Crippen LogP contribution >= 0.6 is 22.7 Å². The van der Waals surface area contributed by atoms with Gasteiger partial charge in [0, 0.05) is 71.1 Å². The van der Waals surface area contributed by atoms with E-state index < -0.39 is 22.1 Å². The zero-order valence-corrected chi connectivity index (χ0v) is 37.8. The van der Waals surface area contributed by atoms with E-state index in [2.05, 4.69) is 49.4 Å². The van der Waals surface area contributed by atoms with Crippen LogP contribution in [0.1, 0.15) is 86.8 Å². The number of carboxylic acids is 1. The summed E-state index contributed by atoms with van der Waals surface area (Å²) in [5, 5.41) is 20.3. The molecule has 5 heterocycles. The van der Waals surface area contributed by atoms with Crippen LogP contribution < -0.4 is 0 Å². The Balaban J connectivity index is 0.000000194. The molecule has 2 aliphatic carbocycles. The van der Waals surface area contributed by atoms with Gasteiger partial charge >= 0.3 is 5.97 Å². The third-order valence-electron chi connectivity index (χ3n) is 10.4. The number of aromatic carboxylic acids is 1. The van der Waals surface area contributed by atoms with Gasteiger partial charge in [-0.25, -0.2) is 24.1 Å². The monoisotopic (exact) mass is 840 g/mol. The van der Waals surface area contributed by atoms with Crippen molar-refractivity contribution in [2.24, 2.45) is 5.92 Å². The number of ether oxygens (including phenoxy) is 3. The fourth-order valence-electron chi connectivity index (χ4n) is 6.95. The summed E-state index contributed by atoms with van der Waals surface area (Å²) >= 11 is 3.30. The molecule has 7 rings (SSSR count). The Hall–Kier alpha value is -2.87. The standard InChI is InChI=1S/C23H35N3O3SSi.C17H25N3O3SSi/c1-31(2,3)13-12-29-16-26-15-18(20(27)14-17-8-10-28-11-9-17)22(25-26)23-24-19-6-4-5-7-21(19)30-23;1-25(2,3)9-8-23-11-20-10-12(17(21)22)15(19-20)16-18-13-6-4-5-7-14(13)24-16/h15,17H,4-14,16H2,1-3H3;10H,4-9,11H2,1-3H3,(H,21,22). The first-order valence-corrected chi connectivity index (χ1v) is 29.4. The maximum absolute atomic E-state index is 13.3. The smallest absolute Gasteiger partial charge is 0.339 e. The summed E-state index contributed by atoms with van der Waals surface area (Å²) < 4.78 is 20.4. The average Bonchev–Trinajstić information content (AvgIpc) is 3.96. The van der Waals surface area contributed by atoms with Gasteiger partial charge in [-0.3, -0.25) is 4.79 Å². The molecule has 306 valence electrons. The van der Waals surface area contributed by atoms with Gasteiger partial charge in [0.15, 0.2) is 5.78 Å². The third kappa shape index (κ3) is 12.1. The SMILES string of the molecule is C[Si](C)(C)CCOCn1cc(C(=O)CC2CCOCC2)c(-c2nc3c(s2)CCCC3)n1.C[Si](C)(C)CCOCn1cc(C(=O)O)c(-c2nc3c(s2)CCCC3)n1. The Labute approximate surface area is 341 Å². The molecule has 1 fully saturated rings. The molecule has 1 aliphatic heterocycles. The van der Waals surface area contributed by atoms with Crippen LogP contribution in [0.5, 0.6) is 0 Å². The van der Waals surface area contributed by atoms with E-state index in [0.29, 0.717) is 41.9 Å². The fourth-order valence-corrected chi connectivity index (χ4v) is 10.8. The van der Waals surface area contributed by atoms with E-state index in [9.17, 15) is 14.7 Å². The molecule has 0 unspecified atom stereocenters. The number of carbonyl (C=O) groups is 2. The van der Waals surface area contributed by atoms with Gasteiger partial charge in [0.05, 0.1) is 17.0 Å². The molecule has 1 N–H and O–H groups in total. The number of thiazole rings is 2. The van der Waals surface area contributed by atoms with Crippen molar-refractivity contribution in [3.05, 3.63) is 44.7 Å². The largest absolute Gasteiger partial charge is 0.478 e. The highest BCUT2D eigenvalue weighted by atomic mass is 32.1. The molecule has 0 spiro atoms. The van der Waals surface area contributed by atoms with Gasteiger partial charge in [-0.05, 0) is 82.2 Å². The van der Waals surface area contributed by atoms with Crippen molar-refractivity contribution in [2.45, 2.75) is 135 Å². The second-order valence-electron chi connectivity index (χ2n) is 17.7. The molecular weight excluding hydrogens is 781 g/mol. The van der Waals surface area contributed by atoms with Crippen LogP contribution in [-0.2, 0) is 53.4 Å². The Morgan fingerprint density at radius 1 is 0.750 bits per heavy atom. The van der Waals surface area contributed by atoms with Crippen LogP contribution in [0, 0.1) is 5.92 Å². The van der Waals surface area contributed by atoms with Crippen molar-refractivity contribution in [3.8, 4) is 21.4 Å². The first-order valence-electron chi connectivity index (χ1n) is 20.3. The maximum Gasteiger partial charge on any atom is 0.339 e. The lowest BCUT2D eigenvalue weighted by atomic mass is 9.92. The minimum absolute atomic E-state index is 0.170. The van der Waals surface area contributed by atoms with Crippen molar-refractivity contribution in [1.29, 1.82) is 0 Å². The summed E-state index contributed by atoms with van der Waals surface area (Å²) in [5.74, 6) is -0.408. The van der Waals surface area contributed by atoms with E-state index in [1.807, 2.05) is 6.20 Å². The van der Waals surface area contributed by atoms with E-state index in [0.717, 1.165) is 93.3 Å². The number of fused-ring (bicyclic) bond motifs is 2. The lowest BCUT2D eigenvalue weighted by molar-refractivity contribution is 0.0600. The van der Waals surface area contributed by atoms with Crippen molar-refractivity contribution in [3.63, 3.8) is 0 Å². The van der Waals surface area contributed by atoms with Crippen molar-refractivity contribution in [1.82, 2.24) is 29.5 Å². The Morgan fingerprint density at radius 2 is 1.21 bits per heavy atom. The molecule has 4 aromatic heterocycles.